The molecule has 0 spiro atoms. The molecular weight excluding hydrogens is 224 g/mol. The van der Waals surface area contributed by atoms with Gasteiger partial charge in [0.2, 0.25) is 0 Å². The molecule has 0 radical (unpaired) electrons. The molecule has 1 aromatic carbocycles. The molecule has 0 saturated heterocycles. The smallest absolute Gasteiger partial charge is 0.162 e. The van der Waals surface area contributed by atoms with E-state index in [0.717, 1.165) is 30.7 Å². The first-order chi connectivity index (χ1) is 8.13. The third kappa shape index (κ3) is 4.95. The molecule has 4 heteroatoms. The molecule has 94 valence electrons. The molecule has 0 unspecified atom stereocenters. The maximum Gasteiger partial charge on any atom is 0.162 e. The van der Waals surface area contributed by atoms with Gasteiger partial charge in [0.05, 0.1) is 0 Å². The van der Waals surface area contributed by atoms with Crippen LogP contribution in [0.5, 0.6) is 5.75 Å². The summed E-state index contributed by atoms with van der Waals surface area (Å²) in [5, 5.41) is 3.18. The number of ether oxygens (including phenoxy) is 1. The molecule has 17 heavy (non-hydrogen) atoms. The van der Waals surface area contributed by atoms with Crippen molar-refractivity contribution in [1.82, 2.24) is 5.32 Å². The van der Waals surface area contributed by atoms with Crippen LogP contribution in [0, 0.1) is 11.6 Å². The number of nitrogens with one attached hydrogen (secondary N) is 1. The van der Waals surface area contributed by atoms with E-state index >= 15 is 0 Å². The van der Waals surface area contributed by atoms with Crippen molar-refractivity contribution < 1.29 is 13.5 Å². The molecule has 0 saturated carbocycles. The molecule has 1 N–H and O–H groups in total. The fourth-order valence-corrected chi connectivity index (χ4v) is 1.25. The average molecular weight is 241 g/mol. The summed E-state index contributed by atoms with van der Waals surface area (Å²) in [6, 6.07) is 3.47. The number of rotatable bonds is 7. The Hall–Kier alpha value is -1.42. The maximum absolute atomic E-state index is 12.9. The largest absolute Gasteiger partial charge is 0.489 e. The van der Waals surface area contributed by atoms with Crippen LogP contribution in [0.3, 0.4) is 0 Å². The van der Waals surface area contributed by atoms with Crippen LogP contribution < -0.4 is 10.1 Å². The topological polar surface area (TPSA) is 21.3 Å². The quantitative estimate of drug-likeness (QED) is 0.585. The summed E-state index contributed by atoms with van der Waals surface area (Å²) in [6.07, 6.45) is 1.05. The van der Waals surface area contributed by atoms with Crippen LogP contribution in [0.15, 0.2) is 30.4 Å². The Kier molecular flexibility index (Phi) is 5.63. The van der Waals surface area contributed by atoms with E-state index in [4.69, 9.17) is 4.74 Å². The SMILES string of the molecule is C=C(CNCCC)COc1ccc(F)c(F)c1. The number of hydrogen-bond donors (Lipinski definition) is 1. The minimum Gasteiger partial charge on any atom is -0.489 e. The fraction of sp³-hybridized carbons (Fsp3) is 0.385. The second-order valence-electron chi connectivity index (χ2n) is 3.79. The summed E-state index contributed by atoms with van der Waals surface area (Å²) in [4.78, 5) is 0. The zero-order valence-electron chi connectivity index (χ0n) is 9.93. The van der Waals surface area contributed by atoms with Crippen LogP contribution in [0.1, 0.15) is 13.3 Å². The fourth-order valence-electron chi connectivity index (χ4n) is 1.25. The molecule has 0 heterocycles. The van der Waals surface area contributed by atoms with Gasteiger partial charge in [0.1, 0.15) is 12.4 Å². The average Bonchev–Trinajstić information content (AvgIpc) is 2.31. The molecule has 0 aromatic heterocycles. The van der Waals surface area contributed by atoms with Crippen LogP contribution in [-0.4, -0.2) is 19.7 Å². The van der Waals surface area contributed by atoms with Crippen molar-refractivity contribution in [3.63, 3.8) is 0 Å². The van der Waals surface area contributed by atoms with E-state index in [1.807, 2.05) is 0 Å². The van der Waals surface area contributed by atoms with E-state index in [-0.39, 0.29) is 0 Å². The first kappa shape index (κ1) is 13.6. The molecule has 0 amide bonds. The van der Waals surface area contributed by atoms with Crippen LogP contribution in [-0.2, 0) is 0 Å². The summed E-state index contributed by atoms with van der Waals surface area (Å²) in [6.45, 7) is 7.78. The second-order valence-corrected chi connectivity index (χ2v) is 3.79. The number of halogens is 2. The Balaban J connectivity index is 2.34. The zero-order chi connectivity index (χ0) is 12.7. The molecule has 1 aromatic rings. The Morgan fingerprint density at radius 2 is 2.12 bits per heavy atom. The highest BCUT2D eigenvalue weighted by molar-refractivity contribution is 5.24. The Labute approximate surface area is 100 Å². The second kappa shape index (κ2) is 7.01. The summed E-state index contributed by atoms with van der Waals surface area (Å²) in [5.74, 6) is -1.47. The van der Waals surface area contributed by atoms with Crippen molar-refractivity contribution in [2.75, 3.05) is 19.7 Å². The lowest BCUT2D eigenvalue weighted by atomic mass is 10.3. The first-order valence-corrected chi connectivity index (χ1v) is 5.58. The van der Waals surface area contributed by atoms with Gasteiger partial charge >= 0.3 is 0 Å². The monoisotopic (exact) mass is 241 g/mol. The molecule has 2 nitrogen and oxygen atoms in total. The summed E-state index contributed by atoms with van der Waals surface area (Å²) < 4.78 is 30.8. The van der Waals surface area contributed by atoms with Gasteiger partial charge in [0.15, 0.2) is 11.6 Å². The molecule has 0 bridgehead atoms. The van der Waals surface area contributed by atoms with Gasteiger partial charge in [-0.25, -0.2) is 8.78 Å². The van der Waals surface area contributed by atoms with Crippen molar-refractivity contribution in [3.05, 3.63) is 42.0 Å². The molecule has 0 fully saturated rings. The van der Waals surface area contributed by atoms with E-state index in [0.29, 0.717) is 18.9 Å². The van der Waals surface area contributed by atoms with Crippen molar-refractivity contribution in [3.8, 4) is 5.75 Å². The third-order valence-corrected chi connectivity index (χ3v) is 2.14. The lowest BCUT2D eigenvalue weighted by Crippen LogP contribution is -2.20. The van der Waals surface area contributed by atoms with Gasteiger partial charge < -0.3 is 10.1 Å². The minimum atomic E-state index is -0.905. The summed E-state index contributed by atoms with van der Waals surface area (Å²) >= 11 is 0. The summed E-state index contributed by atoms with van der Waals surface area (Å²) in [7, 11) is 0. The van der Waals surface area contributed by atoms with Gasteiger partial charge in [-0.2, -0.15) is 0 Å². The van der Waals surface area contributed by atoms with Gasteiger partial charge in [-0.05, 0) is 30.7 Å². The standard InChI is InChI=1S/C13H17F2NO/c1-3-6-16-8-10(2)9-17-11-4-5-12(14)13(15)7-11/h4-5,7,16H,2-3,6,8-9H2,1H3. The Morgan fingerprint density at radius 3 is 2.76 bits per heavy atom. The molecule has 0 aliphatic rings. The highest BCUT2D eigenvalue weighted by atomic mass is 19.2. The number of benzene rings is 1. The summed E-state index contributed by atoms with van der Waals surface area (Å²) in [5.41, 5.74) is 0.864. The first-order valence-electron chi connectivity index (χ1n) is 5.58. The van der Waals surface area contributed by atoms with Crippen molar-refractivity contribution in [2.24, 2.45) is 0 Å². The molecule has 0 aliphatic heterocycles. The zero-order valence-corrected chi connectivity index (χ0v) is 9.93. The van der Waals surface area contributed by atoms with Crippen LogP contribution >= 0.6 is 0 Å². The van der Waals surface area contributed by atoms with E-state index in [1.54, 1.807) is 0 Å². The predicted molar refractivity (Wildman–Crippen MR) is 64.2 cm³/mol. The lowest BCUT2D eigenvalue weighted by molar-refractivity contribution is 0.344. The van der Waals surface area contributed by atoms with Gasteiger partial charge in [0.25, 0.3) is 0 Å². The maximum atomic E-state index is 12.9. The van der Waals surface area contributed by atoms with Crippen molar-refractivity contribution in [1.29, 1.82) is 0 Å². The Morgan fingerprint density at radius 1 is 1.35 bits per heavy atom. The van der Waals surface area contributed by atoms with Crippen LogP contribution in [0.25, 0.3) is 0 Å². The Bertz CT molecular complexity index is 380. The van der Waals surface area contributed by atoms with E-state index in [1.165, 1.54) is 6.07 Å². The third-order valence-electron chi connectivity index (χ3n) is 2.14. The molecular formula is C13H17F2NO. The van der Waals surface area contributed by atoms with E-state index < -0.39 is 11.6 Å². The van der Waals surface area contributed by atoms with Crippen LogP contribution in [0.2, 0.25) is 0 Å². The van der Waals surface area contributed by atoms with Gasteiger partial charge in [0, 0.05) is 12.6 Å². The highest BCUT2D eigenvalue weighted by Gasteiger charge is 2.03. The predicted octanol–water partition coefficient (Wildman–Crippen LogP) is 2.90. The van der Waals surface area contributed by atoms with Crippen molar-refractivity contribution >= 4 is 0 Å². The van der Waals surface area contributed by atoms with Gasteiger partial charge in [-0.1, -0.05) is 13.5 Å². The molecule has 1 rings (SSSR count). The lowest BCUT2D eigenvalue weighted by Gasteiger charge is -2.09. The highest BCUT2D eigenvalue weighted by Crippen LogP contribution is 2.15. The number of hydrogen-bond acceptors (Lipinski definition) is 2. The van der Waals surface area contributed by atoms with Gasteiger partial charge in [-0.15, -0.1) is 0 Å². The van der Waals surface area contributed by atoms with Crippen molar-refractivity contribution in [2.45, 2.75) is 13.3 Å². The normalized spacial score (nSPS) is 10.3. The molecule has 0 atom stereocenters. The van der Waals surface area contributed by atoms with Crippen LogP contribution in [0.4, 0.5) is 8.78 Å². The molecule has 0 aliphatic carbocycles. The van der Waals surface area contributed by atoms with Gasteiger partial charge in [-0.3, -0.25) is 0 Å². The van der Waals surface area contributed by atoms with E-state index in [9.17, 15) is 8.78 Å². The minimum absolute atomic E-state index is 0.293. The van der Waals surface area contributed by atoms with E-state index in [2.05, 4.69) is 18.8 Å².